The normalized spacial score (nSPS) is 20.1. The van der Waals surface area contributed by atoms with E-state index in [4.69, 9.17) is 5.11 Å². The highest BCUT2D eigenvalue weighted by atomic mass is 19.4. The van der Waals surface area contributed by atoms with Gasteiger partial charge < -0.3 is 10.1 Å². The van der Waals surface area contributed by atoms with Crippen LogP contribution in [0.25, 0.3) is 0 Å². The number of halogens is 3. The summed E-state index contributed by atoms with van der Waals surface area (Å²) in [6.45, 7) is 0. The van der Waals surface area contributed by atoms with E-state index in [-0.39, 0.29) is 12.2 Å². The average molecular weight is 248 g/mol. The molecule has 2 rings (SSSR count). The number of H-pyrrole nitrogens is 1. The maximum Gasteiger partial charge on any atom is 0.396 e. The van der Waals surface area contributed by atoms with Gasteiger partial charge in [-0.05, 0) is 12.8 Å². The van der Waals surface area contributed by atoms with Crippen LogP contribution in [-0.4, -0.2) is 27.2 Å². The molecule has 0 saturated heterocycles. The maximum atomic E-state index is 12.2. The number of aromatic nitrogens is 2. The van der Waals surface area contributed by atoms with Crippen LogP contribution in [-0.2, 0) is 24.1 Å². The molecule has 0 saturated carbocycles. The van der Waals surface area contributed by atoms with Gasteiger partial charge >= 0.3 is 12.1 Å². The minimum Gasteiger partial charge on any atom is -0.481 e. The first-order valence-corrected chi connectivity index (χ1v) is 5.21. The maximum absolute atomic E-state index is 12.2. The van der Waals surface area contributed by atoms with Crippen molar-refractivity contribution in [3.63, 3.8) is 0 Å². The van der Waals surface area contributed by atoms with E-state index in [1.807, 2.05) is 0 Å². The number of carboxylic acid groups (broad SMARTS) is 1. The Morgan fingerprint density at radius 2 is 2.24 bits per heavy atom. The topological polar surface area (TPSA) is 66.0 Å². The Kier molecular flexibility index (Phi) is 2.84. The highest BCUT2D eigenvalue weighted by molar-refractivity contribution is 5.70. The number of hydrogen-bond donors (Lipinski definition) is 2. The quantitative estimate of drug-likeness (QED) is 0.837. The van der Waals surface area contributed by atoms with Gasteiger partial charge in [0.1, 0.15) is 12.2 Å². The molecular formula is C10H11F3N2O2. The summed E-state index contributed by atoms with van der Waals surface area (Å²) in [6.07, 6.45) is -4.32. The van der Waals surface area contributed by atoms with Gasteiger partial charge in [0.2, 0.25) is 0 Å². The summed E-state index contributed by atoms with van der Waals surface area (Å²) in [5.41, 5.74) is 1.10. The first kappa shape index (κ1) is 11.9. The predicted molar refractivity (Wildman–Crippen MR) is 51.5 cm³/mol. The van der Waals surface area contributed by atoms with E-state index >= 15 is 0 Å². The van der Waals surface area contributed by atoms with Crippen molar-refractivity contribution in [3.05, 3.63) is 17.2 Å². The summed E-state index contributed by atoms with van der Waals surface area (Å²) in [5, 5.41) is 8.84. The van der Waals surface area contributed by atoms with E-state index in [1.54, 1.807) is 0 Å². The van der Waals surface area contributed by atoms with Crippen molar-refractivity contribution in [1.29, 1.82) is 0 Å². The summed E-state index contributed by atoms with van der Waals surface area (Å²) in [6, 6.07) is 0. The summed E-state index contributed by atoms with van der Waals surface area (Å²) in [7, 11) is 0. The fourth-order valence-electron chi connectivity index (χ4n) is 2.02. The molecule has 0 bridgehead atoms. The summed E-state index contributed by atoms with van der Waals surface area (Å²) in [4.78, 5) is 17.2. The third-order valence-corrected chi connectivity index (χ3v) is 2.81. The van der Waals surface area contributed by atoms with Gasteiger partial charge in [-0.15, -0.1) is 0 Å². The van der Waals surface area contributed by atoms with E-state index in [1.165, 1.54) is 0 Å². The van der Waals surface area contributed by atoms with E-state index in [0.717, 1.165) is 0 Å². The Bertz CT molecular complexity index is 439. The lowest BCUT2D eigenvalue weighted by Crippen LogP contribution is -2.22. The molecule has 1 aromatic heterocycles. The number of carboxylic acids is 1. The summed E-state index contributed by atoms with van der Waals surface area (Å²) in [5.74, 6) is -1.57. The van der Waals surface area contributed by atoms with E-state index < -0.39 is 24.5 Å². The molecule has 0 aliphatic heterocycles. The van der Waals surface area contributed by atoms with E-state index in [9.17, 15) is 18.0 Å². The van der Waals surface area contributed by atoms with Gasteiger partial charge in [0.05, 0.1) is 11.6 Å². The van der Waals surface area contributed by atoms with Crippen molar-refractivity contribution in [2.75, 3.05) is 0 Å². The minimum atomic E-state index is -4.30. The number of aryl methyl sites for hydroxylation is 1. The van der Waals surface area contributed by atoms with Crippen molar-refractivity contribution in [2.24, 2.45) is 5.92 Å². The Balaban J connectivity index is 2.15. The second kappa shape index (κ2) is 4.05. The molecule has 94 valence electrons. The Labute approximate surface area is 94.9 Å². The van der Waals surface area contributed by atoms with Gasteiger partial charge in [-0.3, -0.25) is 4.79 Å². The summed E-state index contributed by atoms with van der Waals surface area (Å²) < 4.78 is 36.5. The van der Waals surface area contributed by atoms with Crippen LogP contribution in [0.2, 0.25) is 0 Å². The van der Waals surface area contributed by atoms with Gasteiger partial charge in [0.15, 0.2) is 0 Å². The van der Waals surface area contributed by atoms with Crippen LogP contribution in [0.4, 0.5) is 13.2 Å². The van der Waals surface area contributed by atoms with Gasteiger partial charge in [0, 0.05) is 12.1 Å². The van der Waals surface area contributed by atoms with Crippen LogP contribution >= 0.6 is 0 Å². The molecule has 0 aromatic carbocycles. The second-order valence-electron chi connectivity index (χ2n) is 4.18. The second-order valence-corrected chi connectivity index (χ2v) is 4.18. The predicted octanol–water partition coefficient (Wildman–Crippen LogP) is 1.70. The molecule has 0 spiro atoms. The molecule has 1 atom stereocenters. The van der Waals surface area contributed by atoms with Crippen LogP contribution in [0, 0.1) is 5.92 Å². The molecule has 1 aromatic rings. The fourth-order valence-corrected chi connectivity index (χ4v) is 2.02. The van der Waals surface area contributed by atoms with Gasteiger partial charge in [0.25, 0.3) is 0 Å². The molecule has 1 heterocycles. The average Bonchev–Trinajstić information content (AvgIpc) is 2.54. The molecule has 0 amide bonds. The van der Waals surface area contributed by atoms with Gasteiger partial charge in [-0.2, -0.15) is 13.2 Å². The standard InChI is InChI=1S/C10H11F3N2O2/c11-10(12,13)4-8-14-6-2-1-5(9(16)17)3-7(6)15-8/h5H,1-4H2,(H,14,15)(H,16,17). The zero-order valence-corrected chi connectivity index (χ0v) is 8.84. The number of nitrogens with one attached hydrogen (secondary N) is 1. The lowest BCUT2D eigenvalue weighted by Gasteiger charge is -2.16. The van der Waals surface area contributed by atoms with Crippen molar-refractivity contribution in [2.45, 2.75) is 31.9 Å². The highest BCUT2D eigenvalue weighted by Crippen LogP contribution is 2.26. The third kappa shape index (κ3) is 2.78. The molecule has 1 aliphatic rings. The Hall–Kier alpha value is -1.53. The largest absolute Gasteiger partial charge is 0.481 e. The van der Waals surface area contributed by atoms with Crippen LogP contribution in [0.3, 0.4) is 0 Å². The first-order valence-electron chi connectivity index (χ1n) is 5.21. The summed E-state index contributed by atoms with van der Waals surface area (Å²) >= 11 is 0. The van der Waals surface area contributed by atoms with Crippen LogP contribution < -0.4 is 0 Å². The number of aliphatic carboxylic acids is 1. The molecule has 17 heavy (non-hydrogen) atoms. The molecular weight excluding hydrogens is 237 g/mol. The first-order chi connectivity index (χ1) is 7.85. The number of fused-ring (bicyclic) bond motifs is 1. The SMILES string of the molecule is O=C(O)C1CCc2nc(CC(F)(F)F)[nH]c2C1. The molecule has 1 aliphatic carbocycles. The Morgan fingerprint density at radius 1 is 1.53 bits per heavy atom. The third-order valence-electron chi connectivity index (χ3n) is 2.81. The minimum absolute atomic E-state index is 0.131. The monoisotopic (exact) mass is 248 g/mol. The van der Waals surface area contributed by atoms with Crippen molar-refractivity contribution >= 4 is 5.97 Å². The number of aromatic amines is 1. The van der Waals surface area contributed by atoms with Crippen molar-refractivity contribution in [1.82, 2.24) is 9.97 Å². The molecule has 0 fully saturated rings. The zero-order valence-electron chi connectivity index (χ0n) is 8.84. The lowest BCUT2D eigenvalue weighted by atomic mass is 9.90. The van der Waals surface area contributed by atoms with E-state index in [0.29, 0.717) is 24.2 Å². The molecule has 7 heteroatoms. The molecule has 0 radical (unpaired) electrons. The van der Waals surface area contributed by atoms with Gasteiger partial charge in [-0.25, -0.2) is 4.98 Å². The number of carbonyl (C=O) groups is 1. The van der Waals surface area contributed by atoms with Crippen LogP contribution in [0.1, 0.15) is 23.6 Å². The molecule has 4 nitrogen and oxygen atoms in total. The lowest BCUT2D eigenvalue weighted by molar-refractivity contribution is -0.142. The smallest absolute Gasteiger partial charge is 0.396 e. The number of alkyl halides is 3. The fraction of sp³-hybridized carbons (Fsp3) is 0.600. The van der Waals surface area contributed by atoms with Crippen LogP contribution in [0.5, 0.6) is 0 Å². The van der Waals surface area contributed by atoms with Crippen LogP contribution in [0.15, 0.2) is 0 Å². The number of rotatable bonds is 2. The van der Waals surface area contributed by atoms with Crippen molar-refractivity contribution < 1.29 is 23.1 Å². The number of hydrogen-bond acceptors (Lipinski definition) is 2. The molecule has 2 N–H and O–H groups in total. The Morgan fingerprint density at radius 3 is 2.82 bits per heavy atom. The highest BCUT2D eigenvalue weighted by Gasteiger charge is 2.32. The number of nitrogens with zero attached hydrogens (tertiary/aromatic N) is 1. The van der Waals surface area contributed by atoms with Gasteiger partial charge in [-0.1, -0.05) is 0 Å². The molecule has 1 unspecified atom stereocenters. The van der Waals surface area contributed by atoms with Crippen molar-refractivity contribution in [3.8, 4) is 0 Å². The van der Waals surface area contributed by atoms with E-state index in [2.05, 4.69) is 9.97 Å². The zero-order chi connectivity index (χ0) is 12.6. The number of imidazole rings is 1.